The first-order valence-corrected chi connectivity index (χ1v) is 6.04. The molecule has 4 nitrogen and oxygen atoms in total. The first kappa shape index (κ1) is 11.2. The van der Waals surface area contributed by atoms with Gasteiger partial charge in [-0.15, -0.1) is 0 Å². The van der Waals surface area contributed by atoms with Crippen LogP contribution in [0.15, 0.2) is 6.33 Å². The third-order valence-electron chi connectivity index (χ3n) is 3.39. The second-order valence-corrected chi connectivity index (χ2v) is 4.46. The molecule has 1 aliphatic rings. The molecule has 0 unspecified atom stereocenters. The van der Waals surface area contributed by atoms with Crippen molar-refractivity contribution < 1.29 is 0 Å². The minimum absolute atomic E-state index is 0.904. The van der Waals surface area contributed by atoms with E-state index < -0.39 is 0 Å². The van der Waals surface area contributed by atoms with Crippen LogP contribution in [0.2, 0.25) is 0 Å². The standard InChI is InChI=1S/C12H20N4/c1-9-11(13-2)15-8-16-12(9)14-7-6-10-4-3-5-10/h8,10H,3-7H2,1-2H3,(H2,13,14,15,16). The highest BCUT2D eigenvalue weighted by molar-refractivity contribution is 5.55. The lowest BCUT2D eigenvalue weighted by molar-refractivity contribution is 0.303. The first-order chi connectivity index (χ1) is 7.81. The normalized spacial score (nSPS) is 15.6. The summed E-state index contributed by atoms with van der Waals surface area (Å²) in [4.78, 5) is 8.43. The fourth-order valence-corrected chi connectivity index (χ4v) is 2.06. The average Bonchev–Trinajstić information content (AvgIpc) is 2.24. The Balaban J connectivity index is 1.87. The zero-order valence-corrected chi connectivity index (χ0v) is 10.1. The predicted octanol–water partition coefficient (Wildman–Crippen LogP) is 2.43. The van der Waals surface area contributed by atoms with Crippen LogP contribution in [0.3, 0.4) is 0 Å². The molecule has 2 N–H and O–H groups in total. The van der Waals surface area contributed by atoms with E-state index in [2.05, 4.69) is 20.6 Å². The van der Waals surface area contributed by atoms with Gasteiger partial charge >= 0.3 is 0 Å². The molecule has 0 aliphatic heterocycles. The lowest BCUT2D eigenvalue weighted by Crippen LogP contribution is -2.16. The number of aromatic nitrogens is 2. The fraction of sp³-hybridized carbons (Fsp3) is 0.667. The number of hydrogen-bond donors (Lipinski definition) is 2. The summed E-state index contributed by atoms with van der Waals surface area (Å²) in [6.45, 7) is 3.06. The summed E-state index contributed by atoms with van der Waals surface area (Å²) in [6, 6.07) is 0. The second-order valence-electron chi connectivity index (χ2n) is 4.46. The Bertz CT molecular complexity index is 347. The van der Waals surface area contributed by atoms with Gasteiger partial charge in [-0.1, -0.05) is 19.3 Å². The van der Waals surface area contributed by atoms with Crippen molar-refractivity contribution in [2.45, 2.75) is 32.6 Å². The van der Waals surface area contributed by atoms with E-state index in [1.54, 1.807) is 6.33 Å². The van der Waals surface area contributed by atoms with E-state index in [0.717, 1.165) is 29.7 Å². The van der Waals surface area contributed by atoms with Gasteiger partial charge in [0.15, 0.2) is 0 Å². The molecule has 4 heteroatoms. The third kappa shape index (κ3) is 2.43. The highest BCUT2D eigenvalue weighted by atomic mass is 15.1. The van der Waals surface area contributed by atoms with Gasteiger partial charge in [0, 0.05) is 19.2 Å². The first-order valence-electron chi connectivity index (χ1n) is 6.04. The molecule has 0 radical (unpaired) electrons. The third-order valence-corrected chi connectivity index (χ3v) is 3.39. The zero-order chi connectivity index (χ0) is 11.4. The summed E-state index contributed by atoms with van der Waals surface area (Å²) in [5, 5.41) is 6.46. The maximum atomic E-state index is 4.27. The molecule has 1 aromatic heterocycles. The zero-order valence-electron chi connectivity index (χ0n) is 10.1. The molecule has 16 heavy (non-hydrogen) atoms. The predicted molar refractivity (Wildman–Crippen MR) is 66.8 cm³/mol. The SMILES string of the molecule is CNc1ncnc(NCCC2CCC2)c1C. The average molecular weight is 220 g/mol. The quantitative estimate of drug-likeness (QED) is 0.800. The Morgan fingerprint density at radius 3 is 2.69 bits per heavy atom. The summed E-state index contributed by atoms with van der Waals surface area (Å²) in [5.41, 5.74) is 1.10. The van der Waals surface area contributed by atoms with Crippen LogP contribution >= 0.6 is 0 Å². The van der Waals surface area contributed by atoms with Crippen LogP contribution in [-0.4, -0.2) is 23.6 Å². The van der Waals surface area contributed by atoms with Gasteiger partial charge in [0.25, 0.3) is 0 Å². The van der Waals surface area contributed by atoms with Crippen molar-refractivity contribution in [2.24, 2.45) is 5.92 Å². The minimum atomic E-state index is 0.904. The summed E-state index contributed by atoms with van der Waals surface area (Å²) < 4.78 is 0. The molecule has 0 atom stereocenters. The number of nitrogens with one attached hydrogen (secondary N) is 2. The smallest absolute Gasteiger partial charge is 0.134 e. The summed E-state index contributed by atoms with van der Waals surface area (Å²) in [6.07, 6.45) is 7.10. The Hall–Kier alpha value is -1.32. The highest BCUT2D eigenvalue weighted by Gasteiger charge is 2.16. The fourth-order valence-electron chi connectivity index (χ4n) is 2.06. The van der Waals surface area contributed by atoms with Gasteiger partial charge in [-0.2, -0.15) is 0 Å². The van der Waals surface area contributed by atoms with Crippen LogP contribution < -0.4 is 10.6 Å². The van der Waals surface area contributed by atoms with Crippen LogP contribution in [0.25, 0.3) is 0 Å². The van der Waals surface area contributed by atoms with Gasteiger partial charge in [-0.25, -0.2) is 9.97 Å². The van der Waals surface area contributed by atoms with E-state index in [0.29, 0.717) is 0 Å². The number of nitrogens with zero attached hydrogens (tertiary/aromatic N) is 2. The molecule has 0 amide bonds. The molecule has 0 spiro atoms. The second kappa shape index (κ2) is 5.14. The van der Waals surface area contributed by atoms with Crippen LogP contribution in [0.5, 0.6) is 0 Å². The number of hydrogen-bond acceptors (Lipinski definition) is 4. The topological polar surface area (TPSA) is 49.8 Å². The van der Waals surface area contributed by atoms with Gasteiger partial charge in [-0.3, -0.25) is 0 Å². The van der Waals surface area contributed by atoms with E-state index in [-0.39, 0.29) is 0 Å². The van der Waals surface area contributed by atoms with Gasteiger partial charge < -0.3 is 10.6 Å². The van der Waals surface area contributed by atoms with Crippen molar-refractivity contribution in [2.75, 3.05) is 24.2 Å². The van der Waals surface area contributed by atoms with E-state index in [1.807, 2.05) is 14.0 Å². The maximum absolute atomic E-state index is 4.27. The van der Waals surface area contributed by atoms with E-state index in [4.69, 9.17) is 0 Å². The molecular formula is C12H20N4. The van der Waals surface area contributed by atoms with Gasteiger partial charge in [0.2, 0.25) is 0 Å². The van der Waals surface area contributed by atoms with Crippen molar-refractivity contribution in [3.63, 3.8) is 0 Å². The highest BCUT2D eigenvalue weighted by Crippen LogP contribution is 2.29. The van der Waals surface area contributed by atoms with E-state index >= 15 is 0 Å². The minimum Gasteiger partial charge on any atom is -0.373 e. The van der Waals surface area contributed by atoms with E-state index in [1.165, 1.54) is 25.7 Å². The summed E-state index contributed by atoms with van der Waals surface area (Å²) >= 11 is 0. The molecule has 1 fully saturated rings. The Morgan fingerprint density at radius 1 is 1.31 bits per heavy atom. The molecule has 1 aliphatic carbocycles. The molecule has 2 rings (SSSR count). The monoisotopic (exact) mass is 220 g/mol. The molecule has 1 aromatic rings. The maximum Gasteiger partial charge on any atom is 0.134 e. The molecule has 0 aromatic carbocycles. The van der Waals surface area contributed by atoms with E-state index in [9.17, 15) is 0 Å². The lowest BCUT2D eigenvalue weighted by Gasteiger charge is -2.25. The van der Waals surface area contributed by atoms with Crippen molar-refractivity contribution >= 4 is 11.6 Å². The van der Waals surface area contributed by atoms with Crippen LogP contribution in [0.1, 0.15) is 31.2 Å². The van der Waals surface area contributed by atoms with Crippen molar-refractivity contribution in [1.82, 2.24) is 9.97 Å². The van der Waals surface area contributed by atoms with Gasteiger partial charge in [0.1, 0.15) is 18.0 Å². The van der Waals surface area contributed by atoms with Gasteiger partial charge in [-0.05, 0) is 19.3 Å². The number of anilines is 2. The molecule has 0 bridgehead atoms. The Labute approximate surface area is 96.9 Å². The van der Waals surface area contributed by atoms with Crippen LogP contribution in [0, 0.1) is 12.8 Å². The summed E-state index contributed by atoms with van der Waals surface area (Å²) in [5.74, 6) is 2.80. The van der Waals surface area contributed by atoms with Gasteiger partial charge in [0.05, 0.1) is 0 Å². The lowest BCUT2D eigenvalue weighted by atomic mass is 9.83. The molecule has 1 heterocycles. The van der Waals surface area contributed by atoms with Crippen LogP contribution in [-0.2, 0) is 0 Å². The Kier molecular flexibility index (Phi) is 3.59. The number of rotatable bonds is 5. The van der Waals surface area contributed by atoms with Crippen LogP contribution in [0.4, 0.5) is 11.6 Å². The summed E-state index contributed by atoms with van der Waals surface area (Å²) in [7, 11) is 1.88. The van der Waals surface area contributed by atoms with Crippen molar-refractivity contribution in [3.8, 4) is 0 Å². The molecule has 88 valence electrons. The molecule has 1 saturated carbocycles. The Morgan fingerprint density at radius 2 is 2.06 bits per heavy atom. The van der Waals surface area contributed by atoms with Crippen molar-refractivity contribution in [1.29, 1.82) is 0 Å². The molecular weight excluding hydrogens is 200 g/mol. The van der Waals surface area contributed by atoms with Crippen molar-refractivity contribution in [3.05, 3.63) is 11.9 Å². The largest absolute Gasteiger partial charge is 0.373 e. The molecule has 0 saturated heterocycles.